The molecule has 98 valence electrons. The van der Waals surface area contributed by atoms with E-state index in [4.69, 9.17) is 21.1 Å². The van der Waals surface area contributed by atoms with Crippen LogP contribution in [0.1, 0.15) is 19.8 Å². The van der Waals surface area contributed by atoms with E-state index in [1.807, 2.05) is 4.90 Å². The van der Waals surface area contributed by atoms with E-state index in [-0.39, 0.29) is 24.0 Å². The monoisotopic (exact) mass is 261 g/mol. The van der Waals surface area contributed by atoms with Gasteiger partial charge in [-0.2, -0.15) is 0 Å². The minimum Gasteiger partial charge on any atom is -0.377 e. The standard InChI is InChI=1S/C12H20ClNO3/c1-2-11-10(3-5-17-11)12(15)14-4-6-16-9(7-13)8-14/h9-11H,2-8H2,1H3. The molecule has 0 saturated carbocycles. The van der Waals surface area contributed by atoms with Gasteiger partial charge in [-0.05, 0) is 12.8 Å². The molecule has 0 N–H and O–H groups in total. The van der Waals surface area contributed by atoms with E-state index in [0.717, 1.165) is 12.8 Å². The number of hydrogen-bond acceptors (Lipinski definition) is 3. The Bertz CT molecular complexity index is 274. The van der Waals surface area contributed by atoms with Gasteiger partial charge in [0.1, 0.15) is 0 Å². The number of nitrogens with zero attached hydrogens (tertiary/aromatic N) is 1. The van der Waals surface area contributed by atoms with E-state index in [1.165, 1.54) is 0 Å². The zero-order chi connectivity index (χ0) is 12.3. The molecule has 3 unspecified atom stereocenters. The lowest BCUT2D eigenvalue weighted by Crippen LogP contribution is -2.49. The van der Waals surface area contributed by atoms with E-state index < -0.39 is 0 Å². The second-order valence-corrected chi connectivity index (χ2v) is 4.95. The maximum Gasteiger partial charge on any atom is 0.228 e. The van der Waals surface area contributed by atoms with Gasteiger partial charge >= 0.3 is 0 Å². The Kier molecular flexibility index (Phi) is 4.65. The number of alkyl halides is 1. The first-order valence-electron chi connectivity index (χ1n) is 6.34. The predicted molar refractivity (Wildman–Crippen MR) is 65.2 cm³/mol. The molecule has 2 rings (SSSR count). The highest BCUT2D eigenvalue weighted by atomic mass is 35.5. The van der Waals surface area contributed by atoms with Crippen molar-refractivity contribution in [3.8, 4) is 0 Å². The summed E-state index contributed by atoms with van der Waals surface area (Å²) in [5.41, 5.74) is 0. The number of halogens is 1. The summed E-state index contributed by atoms with van der Waals surface area (Å²) in [5, 5.41) is 0. The first kappa shape index (κ1) is 13.1. The van der Waals surface area contributed by atoms with E-state index in [2.05, 4.69) is 6.92 Å². The number of hydrogen-bond donors (Lipinski definition) is 0. The van der Waals surface area contributed by atoms with Gasteiger partial charge in [-0.1, -0.05) is 6.92 Å². The van der Waals surface area contributed by atoms with Crippen LogP contribution in [0.3, 0.4) is 0 Å². The minimum absolute atomic E-state index is 0.0169. The van der Waals surface area contributed by atoms with Crippen LogP contribution >= 0.6 is 11.6 Å². The summed E-state index contributed by atoms with van der Waals surface area (Å²) in [6, 6.07) is 0. The van der Waals surface area contributed by atoms with Crippen molar-refractivity contribution in [3.63, 3.8) is 0 Å². The van der Waals surface area contributed by atoms with Gasteiger partial charge in [-0.3, -0.25) is 4.79 Å². The summed E-state index contributed by atoms with van der Waals surface area (Å²) in [7, 11) is 0. The fraction of sp³-hybridized carbons (Fsp3) is 0.917. The molecule has 0 aromatic rings. The number of ether oxygens (including phenoxy) is 2. The van der Waals surface area contributed by atoms with Crippen LogP contribution in [0.15, 0.2) is 0 Å². The number of rotatable bonds is 3. The van der Waals surface area contributed by atoms with Gasteiger partial charge in [-0.15, -0.1) is 11.6 Å². The lowest BCUT2D eigenvalue weighted by atomic mass is 9.97. The summed E-state index contributed by atoms with van der Waals surface area (Å²) in [6.07, 6.45) is 1.83. The van der Waals surface area contributed by atoms with Crippen LogP contribution in [0.4, 0.5) is 0 Å². The Labute approximate surface area is 107 Å². The molecule has 3 atom stereocenters. The lowest BCUT2D eigenvalue weighted by molar-refractivity contribution is -0.144. The van der Waals surface area contributed by atoms with Crippen molar-refractivity contribution in [2.24, 2.45) is 5.92 Å². The van der Waals surface area contributed by atoms with Crippen molar-refractivity contribution < 1.29 is 14.3 Å². The molecule has 2 heterocycles. The molecule has 2 aliphatic heterocycles. The summed E-state index contributed by atoms with van der Waals surface area (Å²) < 4.78 is 11.0. The number of amides is 1. The highest BCUT2D eigenvalue weighted by Crippen LogP contribution is 2.26. The Balaban J connectivity index is 1.94. The molecule has 2 aliphatic rings. The number of carbonyl (C=O) groups excluding carboxylic acids is 1. The largest absolute Gasteiger partial charge is 0.377 e. The molecule has 0 aromatic carbocycles. The molecular weight excluding hydrogens is 242 g/mol. The van der Waals surface area contributed by atoms with Crippen LogP contribution in [0, 0.1) is 5.92 Å². The number of carbonyl (C=O) groups is 1. The molecule has 1 amide bonds. The summed E-state index contributed by atoms with van der Waals surface area (Å²) in [6.45, 7) is 4.66. The van der Waals surface area contributed by atoms with Crippen LogP contribution < -0.4 is 0 Å². The maximum atomic E-state index is 12.4. The van der Waals surface area contributed by atoms with Crippen molar-refractivity contribution in [1.29, 1.82) is 0 Å². The summed E-state index contributed by atoms with van der Waals surface area (Å²) in [5.74, 6) is 0.698. The van der Waals surface area contributed by atoms with Gasteiger partial charge < -0.3 is 14.4 Å². The zero-order valence-corrected chi connectivity index (χ0v) is 11.0. The molecule has 0 bridgehead atoms. The predicted octanol–water partition coefficient (Wildman–Crippen LogP) is 1.27. The summed E-state index contributed by atoms with van der Waals surface area (Å²) >= 11 is 5.78. The SMILES string of the molecule is CCC1OCCC1C(=O)N1CCOC(CCl)C1. The molecule has 0 spiro atoms. The second kappa shape index (κ2) is 6.03. The molecule has 4 nitrogen and oxygen atoms in total. The Morgan fingerprint density at radius 2 is 2.24 bits per heavy atom. The van der Waals surface area contributed by atoms with Crippen LogP contribution in [0.2, 0.25) is 0 Å². The van der Waals surface area contributed by atoms with Crippen molar-refractivity contribution in [2.75, 3.05) is 32.2 Å². The molecule has 2 saturated heterocycles. The normalized spacial score (nSPS) is 34.0. The first-order chi connectivity index (χ1) is 8.26. The van der Waals surface area contributed by atoms with Gasteiger partial charge in [0.25, 0.3) is 0 Å². The highest BCUT2D eigenvalue weighted by molar-refractivity contribution is 6.18. The van der Waals surface area contributed by atoms with Gasteiger partial charge in [0, 0.05) is 19.7 Å². The molecule has 5 heteroatoms. The number of morpholine rings is 1. The van der Waals surface area contributed by atoms with Crippen LogP contribution in [-0.2, 0) is 14.3 Å². The first-order valence-corrected chi connectivity index (χ1v) is 6.87. The third kappa shape index (κ3) is 2.92. The molecule has 0 radical (unpaired) electrons. The van der Waals surface area contributed by atoms with Crippen molar-refractivity contribution >= 4 is 17.5 Å². The van der Waals surface area contributed by atoms with E-state index in [1.54, 1.807) is 0 Å². The Morgan fingerprint density at radius 3 is 2.94 bits per heavy atom. The van der Waals surface area contributed by atoms with Gasteiger partial charge in [0.2, 0.25) is 5.91 Å². The van der Waals surface area contributed by atoms with E-state index in [0.29, 0.717) is 32.2 Å². The smallest absolute Gasteiger partial charge is 0.228 e. The van der Waals surface area contributed by atoms with Crippen molar-refractivity contribution in [1.82, 2.24) is 4.90 Å². The average molecular weight is 262 g/mol. The van der Waals surface area contributed by atoms with Crippen LogP contribution in [0.5, 0.6) is 0 Å². The summed E-state index contributed by atoms with van der Waals surface area (Å²) in [4.78, 5) is 14.3. The minimum atomic E-state index is -0.0169. The third-order valence-electron chi connectivity index (χ3n) is 3.55. The van der Waals surface area contributed by atoms with Crippen molar-refractivity contribution in [2.45, 2.75) is 32.0 Å². The van der Waals surface area contributed by atoms with Crippen molar-refractivity contribution in [3.05, 3.63) is 0 Å². The molecule has 0 aromatic heterocycles. The Morgan fingerprint density at radius 1 is 1.41 bits per heavy atom. The quantitative estimate of drug-likeness (QED) is 0.718. The van der Waals surface area contributed by atoms with E-state index in [9.17, 15) is 4.79 Å². The molecule has 2 fully saturated rings. The van der Waals surface area contributed by atoms with Gasteiger partial charge in [0.05, 0.1) is 30.6 Å². The average Bonchev–Trinajstić information content (AvgIpc) is 2.86. The highest BCUT2D eigenvalue weighted by Gasteiger charge is 2.36. The van der Waals surface area contributed by atoms with Crippen LogP contribution in [-0.4, -0.2) is 55.2 Å². The van der Waals surface area contributed by atoms with Crippen LogP contribution in [0.25, 0.3) is 0 Å². The van der Waals surface area contributed by atoms with Gasteiger partial charge in [0.15, 0.2) is 0 Å². The molecule has 17 heavy (non-hydrogen) atoms. The topological polar surface area (TPSA) is 38.8 Å². The van der Waals surface area contributed by atoms with E-state index >= 15 is 0 Å². The fourth-order valence-corrected chi connectivity index (χ4v) is 2.77. The molecule has 0 aliphatic carbocycles. The van der Waals surface area contributed by atoms with Gasteiger partial charge in [-0.25, -0.2) is 0 Å². The molecular formula is C12H20ClNO3. The second-order valence-electron chi connectivity index (χ2n) is 4.64. The Hall–Kier alpha value is -0.320. The fourth-order valence-electron chi connectivity index (χ4n) is 2.58. The third-order valence-corrected chi connectivity index (χ3v) is 3.90. The lowest BCUT2D eigenvalue weighted by Gasteiger charge is -2.34. The zero-order valence-electron chi connectivity index (χ0n) is 10.2. The maximum absolute atomic E-state index is 12.4.